The Hall–Kier alpha value is -0.450. The van der Waals surface area contributed by atoms with Crippen molar-refractivity contribution < 1.29 is 18.0 Å². The Labute approximate surface area is 92.4 Å². The van der Waals surface area contributed by atoms with Crippen molar-refractivity contribution >= 4 is 17.5 Å². The molecular formula is C9H15ClF3NO. The van der Waals surface area contributed by atoms with Gasteiger partial charge in [-0.25, -0.2) is 0 Å². The maximum absolute atomic E-state index is 12.0. The Morgan fingerprint density at radius 2 is 1.93 bits per heavy atom. The number of carbonyl (C=O) groups is 1. The van der Waals surface area contributed by atoms with Crippen molar-refractivity contribution in [3.05, 3.63) is 0 Å². The molecule has 0 spiro atoms. The number of rotatable bonds is 5. The molecule has 0 unspecified atom stereocenters. The first-order valence-electron chi connectivity index (χ1n) is 4.70. The molecule has 0 aromatic carbocycles. The van der Waals surface area contributed by atoms with Crippen molar-refractivity contribution in [3.63, 3.8) is 0 Å². The Bertz CT molecular complexity index is 206. The first kappa shape index (κ1) is 14.6. The molecule has 0 aromatic rings. The molecule has 0 heterocycles. The number of nitrogens with zero attached hydrogens (tertiary/aromatic N) is 1. The van der Waals surface area contributed by atoms with Crippen molar-refractivity contribution in [2.45, 2.75) is 38.9 Å². The van der Waals surface area contributed by atoms with Crippen LogP contribution in [0.5, 0.6) is 0 Å². The van der Waals surface area contributed by atoms with Gasteiger partial charge in [0.1, 0.15) is 6.42 Å². The maximum Gasteiger partial charge on any atom is 0.397 e. The number of amides is 1. The summed E-state index contributed by atoms with van der Waals surface area (Å²) in [5.74, 6) is -0.551. The van der Waals surface area contributed by atoms with E-state index in [-0.39, 0.29) is 12.6 Å². The summed E-state index contributed by atoms with van der Waals surface area (Å²) in [6, 6.07) is -0.233. The third-order valence-corrected chi connectivity index (χ3v) is 2.10. The normalized spacial score (nSPS) is 11.9. The number of carbonyl (C=O) groups excluding carboxylic acids is 1. The van der Waals surface area contributed by atoms with Crippen LogP contribution in [0.15, 0.2) is 0 Å². The van der Waals surface area contributed by atoms with Gasteiger partial charge in [0.05, 0.1) is 0 Å². The predicted molar refractivity (Wildman–Crippen MR) is 52.9 cm³/mol. The van der Waals surface area contributed by atoms with E-state index < -0.39 is 18.5 Å². The Morgan fingerprint density at radius 3 is 2.27 bits per heavy atom. The van der Waals surface area contributed by atoms with Gasteiger partial charge in [-0.1, -0.05) is 0 Å². The summed E-state index contributed by atoms with van der Waals surface area (Å²) >= 11 is 5.43. The van der Waals surface area contributed by atoms with E-state index >= 15 is 0 Å². The lowest BCUT2D eigenvalue weighted by Crippen LogP contribution is -2.40. The fourth-order valence-electron chi connectivity index (χ4n) is 1.17. The van der Waals surface area contributed by atoms with Gasteiger partial charge in [0.15, 0.2) is 0 Å². The van der Waals surface area contributed by atoms with E-state index in [0.717, 1.165) is 0 Å². The third-order valence-electron chi connectivity index (χ3n) is 1.83. The zero-order valence-corrected chi connectivity index (χ0v) is 9.53. The Kier molecular flexibility index (Phi) is 6.02. The molecule has 0 bridgehead atoms. The predicted octanol–water partition coefficient (Wildman–Crippen LogP) is 2.80. The molecule has 0 saturated carbocycles. The van der Waals surface area contributed by atoms with Gasteiger partial charge in [0.25, 0.3) is 0 Å². The van der Waals surface area contributed by atoms with Crippen LogP contribution in [0, 0.1) is 0 Å². The average Bonchev–Trinajstić information content (AvgIpc) is 2.00. The van der Waals surface area contributed by atoms with Gasteiger partial charge < -0.3 is 4.90 Å². The molecule has 0 N–H and O–H groups in total. The van der Waals surface area contributed by atoms with E-state index in [2.05, 4.69) is 0 Å². The number of halogens is 4. The van der Waals surface area contributed by atoms with Gasteiger partial charge in [-0.05, 0) is 20.3 Å². The second-order valence-electron chi connectivity index (χ2n) is 3.52. The highest BCUT2D eigenvalue weighted by atomic mass is 35.5. The van der Waals surface area contributed by atoms with Crippen LogP contribution in [-0.2, 0) is 4.79 Å². The highest BCUT2D eigenvalue weighted by molar-refractivity contribution is 6.17. The van der Waals surface area contributed by atoms with Crippen LogP contribution in [-0.4, -0.2) is 35.4 Å². The van der Waals surface area contributed by atoms with Crippen LogP contribution < -0.4 is 0 Å². The van der Waals surface area contributed by atoms with Gasteiger partial charge in [-0.15, -0.1) is 11.6 Å². The van der Waals surface area contributed by atoms with E-state index in [1.165, 1.54) is 4.90 Å². The molecule has 2 nitrogen and oxygen atoms in total. The molecule has 0 aliphatic carbocycles. The quantitative estimate of drug-likeness (QED) is 0.682. The first-order valence-corrected chi connectivity index (χ1v) is 5.23. The second kappa shape index (κ2) is 6.20. The number of hydrogen-bond donors (Lipinski definition) is 0. The molecule has 6 heteroatoms. The molecule has 0 fully saturated rings. The third kappa shape index (κ3) is 6.60. The fourth-order valence-corrected chi connectivity index (χ4v) is 1.29. The second-order valence-corrected chi connectivity index (χ2v) is 3.89. The van der Waals surface area contributed by atoms with E-state index in [9.17, 15) is 18.0 Å². The summed E-state index contributed by atoms with van der Waals surface area (Å²) in [4.78, 5) is 12.5. The highest BCUT2D eigenvalue weighted by Gasteiger charge is 2.33. The molecule has 1 amide bonds. The van der Waals surface area contributed by atoms with Crippen molar-refractivity contribution in [2.24, 2.45) is 0 Å². The minimum absolute atomic E-state index is 0.233. The molecule has 0 rings (SSSR count). The average molecular weight is 246 g/mol. The summed E-state index contributed by atoms with van der Waals surface area (Å²) in [6.45, 7) is 3.64. The maximum atomic E-state index is 12.0. The van der Waals surface area contributed by atoms with Crippen molar-refractivity contribution in [2.75, 3.05) is 12.4 Å². The smallest absolute Gasteiger partial charge is 0.340 e. The van der Waals surface area contributed by atoms with E-state index in [1.807, 2.05) is 0 Å². The summed E-state index contributed by atoms with van der Waals surface area (Å²) < 4.78 is 35.9. The van der Waals surface area contributed by atoms with Crippen LogP contribution in [0.25, 0.3) is 0 Å². The summed E-state index contributed by atoms with van der Waals surface area (Å²) in [7, 11) is 0. The van der Waals surface area contributed by atoms with E-state index in [0.29, 0.717) is 12.3 Å². The minimum atomic E-state index is -4.44. The molecule has 0 aliphatic heterocycles. The van der Waals surface area contributed by atoms with Crippen molar-refractivity contribution in [1.29, 1.82) is 0 Å². The molecule has 0 atom stereocenters. The molecule has 0 aliphatic rings. The zero-order valence-electron chi connectivity index (χ0n) is 8.77. The standard InChI is InChI=1S/C9H15ClF3NO/c1-7(2)14(5-3-4-10)8(15)6-9(11,12)13/h7H,3-6H2,1-2H3. The van der Waals surface area contributed by atoms with Gasteiger partial charge in [0.2, 0.25) is 5.91 Å². The first-order chi connectivity index (χ1) is 6.78. The number of hydrogen-bond acceptors (Lipinski definition) is 1. The summed E-state index contributed by atoms with van der Waals surface area (Å²) in [5, 5.41) is 0. The van der Waals surface area contributed by atoms with Gasteiger partial charge in [-0.3, -0.25) is 4.79 Å². The lowest BCUT2D eigenvalue weighted by atomic mass is 10.2. The fraction of sp³-hybridized carbons (Fsp3) is 0.889. The Balaban J connectivity index is 4.29. The lowest BCUT2D eigenvalue weighted by Gasteiger charge is -2.27. The largest absolute Gasteiger partial charge is 0.397 e. The van der Waals surface area contributed by atoms with Gasteiger partial charge in [0, 0.05) is 18.5 Å². The van der Waals surface area contributed by atoms with Crippen molar-refractivity contribution in [1.82, 2.24) is 4.90 Å². The molecule has 90 valence electrons. The Morgan fingerprint density at radius 1 is 1.40 bits per heavy atom. The number of alkyl halides is 4. The van der Waals surface area contributed by atoms with Gasteiger partial charge >= 0.3 is 6.18 Å². The topological polar surface area (TPSA) is 20.3 Å². The molecule has 0 saturated heterocycles. The molecule has 0 aromatic heterocycles. The summed E-state index contributed by atoms with van der Waals surface area (Å²) in [6.07, 6.45) is -5.33. The summed E-state index contributed by atoms with van der Waals surface area (Å²) in [5.41, 5.74) is 0. The van der Waals surface area contributed by atoms with Crippen LogP contribution >= 0.6 is 11.6 Å². The molecular weight excluding hydrogens is 231 g/mol. The highest BCUT2D eigenvalue weighted by Crippen LogP contribution is 2.21. The van der Waals surface area contributed by atoms with Crippen molar-refractivity contribution in [3.8, 4) is 0 Å². The monoisotopic (exact) mass is 245 g/mol. The van der Waals surface area contributed by atoms with Crippen LogP contribution in [0.2, 0.25) is 0 Å². The lowest BCUT2D eigenvalue weighted by molar-refractivity contribution is -0.162. The van der Waals surface area contributed by atoms with Crippen LogP contribution in [0.1, 0.15) is 26.7 Å². The van der Waals surface area contributed by atoms with Crippen LogP contribution in [0.3, 0.4) is 0 Å². The molecule has 15 heavy (non-hydrogen) atoms. The molecule has 0 radical (unpaired) electrons. The van der Waals surface area contributed by atoms with Crippen LogP contribution in [0.4, 0.5) is 13.2 Å². The van der Waals surface area contributed by atoms with E-state index in [1.54, 1.807) is 13.8 Å². The van der Waals surface area contributed by atoms with Gasteiger partial charge in [-0.2, -0.15) is 13.2 Å². The SMILES string of the molecule is CC(C)N(CCCCl)C(=O)CC(F)(F)F. The zero-order chi connectivity index (χ0) is 12.1. The minimum Gasteiger partial charge on any atom is -0.340 e. The van der Waals surface area contributed by atoms with E-state index in [4.69, 9.17) is 11.6 Å².